The van der Waals surface area contributed by atoms with E-state index in [4.69, 9.17) is 0 Å². The maximum Gasteiger partial charge on any atom is 0.261 e. The third kappa shape index (κ3) is 2.58. The van der Waals surface area contributed by atoms with Gasteiger partial charge in [-0.25, -0.2) is 8.42 Å². The van der Waals surface area contributed by atoms with Gasteiger partial charge in [0.25, 0.3) is 10.0 Å². The number of ketones is 1. The summed E-state index contributed by atoms with van der Waals surface area (Å²) in [6, 6.07) is 11.0. The molecule has 0 fully saturated rings. The third-order valence-electron chi connectivity index (χ3n) is 3.30. The van der Waals surface area contributed by atoms with Crippen LogP contribution in [0.15, 0.2) is 53.6 Å². The van der Waals surface area contributed by atoms with E-state index in [9.17, 15) is 13.2 Å². The smallest absolute Gasteiger partial charge is 0.261 e. The Morgan fingerprint density at radius 2 is 1.86 bits per heavy atom. The third-order valence-corrected chi connectivity index (χ3v) is 4.68. The summed E-state index contributed by atoms with van der Waals surface area (Å²) in [5.74, 6) is -0.111. The Morgan fingerprint density at radius 3 is 2.55 bits per heavy atom. The van der Waals surface area contributed by atoms with Gasteiger partial charge in [0.05, 0.1) is 22.3 Å². The van der Waals surface area contributed by atoms with Gasteiger partial charge in [0, 0.05) is 10.9 Å². The van der Waals surface area contributed by atoms with Crippen LogP contribution in [-0.2, 0) is 10.0 Å². The predicted molar refractivity (Wildman–Crippen MR) is 83.3 cm³/mol. The van der Waals surface area contributed by atoms with Gasteiger partial charge in [-0.15, -0.1) is 0 Å². The lowest BCUT2D eigenvalue weighted by Gasteiger charge is -2.09. The van der Waals surface area contributed by atoms with E-state index in [2.05, 4.69) is 14.9 Å². The highest BCUT2D eigenvalue weighted by atomic mass is 32.2. The van der Waals surface area contributed by atoms with E-state index in [0.29, 0.717) is 16.6 Å². The molecule has 0 aliphatic rings. The molecule has 2 aromatic carbocycles. The average molecular weight is 315 g/mol. The van der Waals surface area contributed by atoms with Gasteiger partial charge < -0.3 is 0 Å². The van der Waals surface area contributed by atoms with E-state index in [1.807, 2.05) is 6.07 Å². The summed E-state index contributed by atoms with van der Waals surface area (Å²) in [5.41, 5.74) is 1.66. The standard InChI is InChI=1S/C15H13N3O3S/c1-10(19)11-5-7-12(8-6-11)22(20,21)18-15-4-2-3-14-13(15)9-16-17-14/h2-9,18H,1H3,(H,16,17). The first kappa shape index (κ1) is 14.3. The minimum atomic E-state index is -3.73. The second-order valence-electron chi connectivity index (χ2n) is 4.82. The van der Waals surface area contributed by atoms with E-state index < -0.39 is 10.0 Å². The number of Topliss-reactive ketones (excluding diaryl/α,β-unsaturated/α-hetero) is 1. The van der Waals surface area contributed by atoms with Crippen LogP contribution in [0.4, 0.5) is 5.69 Å². The maximum absolute atomic E-state index is 12.4. The van der Waals surface area contributed by atoms with Crippen molar-refractivity contribution >= 4 is 32.4 Å². The van der Waals surface area contributed by atoms with E-state index in [1.165, 1.54) is 31.2 Å². The molecule has 1 heterocycles. The molecule has 0 unspecified atom stereocenters. The van der Waals surface area contributed by atoms with Gasteiger partial charge in [0.15, 0.2) is 5.78 Å². The fraction of sp³-hybridized carbons (Fsp3) is 0.0667. The van der Waals surface area contributed by atoms with E-state index >= 15 is 0 Å². The first-order valence-corrected chi connectivity index (χ1v) is 8.01. The molecule has 0 atom stereocenters. The van der Waals surface area contributed by atoms with Crippen LogP contribution in [0.3, 0.4) is 0 Å². The van der Waals surface area contributed by atoms with Gasteiger partial charge >= 0.3 is 0 Å². The van der Waals surface area contributed by atoms with Gasteiger partial charge in [0.2, 0.25) is 0 Å². The number of hydrogen-bond donors (Lipinski definition) is 2. The Morgan fingerprint density at radius 1 is 1.14 bits per heavy atom. The van der Waals surface area contributed by atoms with Gasteiger partial charge in [-0.1, -0.05) is 18.2 Å². The second kappa shape index (κ2) is 5.27. The summed E-state index contributed by atoms with van der Waals surface area (Å²) in [6.07, 6.45) is 1.56. The molecule has 2 N–H and O–H groups in total. The molecule has 0 aliphatic carbocycles. The number of carbonyl (C=O) groups is 1. The van der Waals surface area contributed by atoms with Crippen LogP contribution in [0.25, 0.3) is 10.9 Å². The van der Waals surface area contributed by atoms with Crippen LogP contribution in [-0.4, -0.2) is 24.4 Å². The predicted octanol–water partition coefficient (Wildman–Crippen LogP) is 2.57. The molecule has 7 heteroatoms. The zero-order chi connectivity index (χ0) is 15.7. The van der Waals surface area contributed by atoms with Crippen molar-refractivity contribution in [2.24, 2.45) is 0 Å². The molecule has 0 saturated carbocycles. The number of fused-ring (bicyclic) bond motifs is 1. The molecule has 0 saturated heterocycles. The van der Waals surface area contributed by atoms with E-state index in [0.717, 1.165) is 5.52 Å². The number of hydrogen-bond acceptors (Lipinski definition) is 4. The number of anilines is 1. The van der Waals surface area contributed by atoms with Crippen molar-refractivity contribution in [1.29, 1.82) is 0 Å². The van der Waals surface area contributed by atoms with E-state index in [-0.39, 0.29) is 10.7 Å². The first-order valence-electron chi connectivity index (χ1n) is 6.53. The van der Waals surface area contributed by atoms with Crippen LogP contribution in [0.2, 0.25) is 0 Å². The summed E-state index contributed by atoms with van der Waals surface area (Å²) in [5, 5.41) is 7.37. The first-order chi connectivity index (χ1) is 10.5. The van der Waals surface area contributed by atoms with Crippen molar-refractivity contribution in [3.63, 3.8) is 0 Å². The van der Waals surface area contributed by atoms with E-state index in [1.54, 1.807) is 18.3 Å². The van der Waals surface area contributed by atoms with Crippen LogP contribution < -0.4 is 4.72 Å². The summed E-state index contributed by atoms with van der Waals surface area (Å²) in [4.78, 5) is 11.3. The van der Waals surface area contributed by atoms with Crippen molar-refractivity contribution in [2.45, 2.75) is 11.8 Å². The van der Waals surface area contributed by atoms with Crippen LogP contribution in [0, 0.1) is 0 Å². The number of nitrogens with zero attached hydrogens (tertiary/aromatic N) is 1. The Bertz CT molecular complexity index is 944. The lowest BCUT2D eigenvalue weighted by molar-refractivity contribution is 0.101. The fourth-order valence-corrected chi connectivity index (χ4v) is 3.21. The van der Waals surface area contributed by atoms with Crippen molar-refractivity contribution in [3.8, 4) is 0 Å². The Labute approximate surface area is 127 Å². The lowest BCUT2D eigenvalue weighted by atomic mass is 10.2. The normalized spacial score (nSPS) is 11.5. The summed E-state index contributed by atoms with van der Waals surface area (Å²) < 4.78 is 27.4. The molecular formula is C15H13N3O3S. The topological polar surface area (TPSA) is 91.9 Å². The Kier molecular flexibility index (Phi) is 3.42. The molecule has 0 aliphatic heterocycles. The maximum atomic E-state index is 12.4. The van der Waals surface area contributed by atoms with Crippen molar-refractivity contribution in [1.82, 2.24) is 10.2 Å². The van der Waals surface area contributed by atoms with Gasteiger partial charge in [-0.2, -0.15) is 5.10 Å². The fourth-order valence-electron chi connectivity index (χ4n) is 2.13. The van der Waals surface area contributed by atoms with Crippen LogP contribution in [0.1, 0.15) is 17.3 Å². The van der Waals surface area contributed by atoms with Gasteiger partial charge in [0.1, 0.15) is 0 Å². The van der Waals surface area contributed by atoms with Crippen molar-refractivity contribution in [2.75, 3.05) is 4.72 Å². The van der Waals surface area contributed by atoms with Crippen molar-refractivity contribution < 1.29 is 13.2 Å². The number of aromatic amines is 1. The molecule has 0 amide bonds. The summed E-state index contributed by atoms with van der Waals surface area (Å²) in [6.45, 7) is 1.43. The SMILES string of the molecule is CC(=O)c1ccc(S(=O)(=O)Nc2cccc3[nH]ncc23)cc1. The molecule has 0 bridgehead atoms. The number of carbonyl (C=O) groups excluding carboxylic acids is 1. The van der Waals surface area contributed by atoms with Crippen LogP contribution in [0.5, 0.6) is 0 Å². The van der Waals surface area contributed by atoms with Gasteiger partial charge in [-0.3, -0.25) is 14.6 Å². The number of benzene rings is 2. The molecule has 1 aromatic heterocycles. The monoisotopic (exact) mass is 315 g/mol. The summed E-state index contributed by atoms with van der Waals surface area (Å²) in [7, 11) is -3.73. The largest absolute Gasteiger partial charge is 0.295 e. The number of rotatable bonds is 4. The minimum absolute atomic E-state index is 0.0954. The number of aromatic nitrogens is 2. The second-order valence-corrected chi connectivity index (χ2v) is 6.51. The number of nitrogens with one attached hydrogen (secondary N) is 2. The Hall–Kier alpha value is -2.67. The zero-order valence-electron chi connectivity index (χ0n) is 11.7. The quantitative estimate of drug-likeness (QED) is 0.724. The highest BCUT2D eigenvalue weighted by Crippen LogP contribution is 2.24. The highest BCUT2D eigenvalue weighted by molar-refractivity contribution is 7.92. The highest BCUT2D eigenvalue weighted by Gasteiger charge is 2.16. The lowest BCUT2D eigenvalue weighted by Crippen LogP contribution is -2.13. The summed E-state index contributed by atoms with van der Waals surface area (Å²) >= 11 is 0. The minimum Gasteiger partial charge on any atom is -0.295 e. The average Bonchev–Trinajstić information content (AvgIpc) is 2.96. The molecule has 3 aromatic rings. The van der Waals surface area contributed by atoms with Crippen molar-refractivity contribution in [3.05, 3.63) is 54.2 Å². The Balaban J connectivity index is 1.96. The molecule has 0 radical (unpaired) electrons. The molecule has 0 spiro atoms. The molecule has 22 heavy (non-hydrogen) atoms. The molecule has 3 rings (SSSR count). The number of H-pyrrole nitrogens is 1. The molecule has 6 nitrogen and oxygen atoms in total. The number of sulfonamides is 1. The van der Waals surface area contributed by atoms with Crippen LogP contribution >= 0.6 is 0 Å². The zero-order valence-corrected chi connectivity index (χ0v) is 12.5. The van der Waals surface area contributed by atoms with Gasteiger partial charge in [-0.05, 0) is 31.2 Å². The molecule has 112 valence electrons. The molecular weight excluding hydrogens is 302 g/mol.